The Hall–Kier alpha value is -3.89. The van der Waals surface area contributed by atoms with E-state index < -0.39 is 35.0 Å². The molecule has 1 aromatic heterocycles. The minimum absolute atomic E-state index is 0.0912. The minimum atomic E-state index is -4.62. The van der Waals surface area contributed by atoms with E-state index in [-0.39, 0.29) is 23.9 Å². The Labute approximate surface area is 167 Å². The van der Waals surface area contributed by atoms with E-state index in [4.69, 9.17) is 13.9 Å². The summed E-state index contributed by atoms with van der Waals surface area (Å²) in [6.07, 6.45) is -3.32. The Bertz CT molecular complexity index is 1050. The van der Waals surface area contributed by atoms with Gasteiger partial charge in [0.25, 0.3) is 5.69 Å². The van der Waals surface area contributed by atoms with Gasteiger partial charge in [-0.05, 0) is 24.3 Å². The van der Waals surface area contributed by atoms with Gasteiger partial charge in [-0.25, -0.2) is 9.78 Å². The lowest BCUT2D eigenvalue weighted by Crippen LogP contribution is -2.16. The quantitative estimate of drug-likeness (QED) is 0.316. The molecule has 0 saturated heterocycles. The second kappa shape index (κ2) is 8.64. The monoisotopic (exact) mass is 422 g/mol. The van der Waals surface area contributed by atoms with E-state index in [2.05, 4.69) is 4.98 Å². The molecule has 0 fully saturated rings. The number of esters is 1. The molecule has 0 spiro atoms. The van der Waals surface area contributed by atoms with E-state index in [1.807, 2.05) is 0 Å². The van der Waals surface area contributed by atoms with Crippen molar-refractivity contribution in [3.05, 3.63) is 76.2 Å². The maximum absolute atomic E-state index is 12.9. The predicted octanol–water partition coefficient (Wildman–Crippen LogP) is 4.39. The van der Waals surface area contributed by atoms with Crippen LogP contribution in [-0.4, -0.2) is 22.5 Å². The molecule has 1 heterocycles. The normalized spacial score (nSPS) is 11.2. The van der Waals surface area contributed by atoms with E-state index >= 15 is 0 Å². The van der Waals surface area contributed by atoms with Crippen LogP contribution in [0.3, 0.4) is 0 Å². The molecule has 0 bridgehead atoms. The van der Waals surface area contributed by atoms with Crippen LogP contribution in [-0.2, 0) is 22.3 Å². The van der Waals surface area contributed by atoms with Gasteiger partial charge in [-0.15, -0.1) is 0 Å². The van der Waals surface area contributed by atoms with E-state index in [9.17, 15) is 28.1 Å². The largest absolute Gasteiger partial charge is 0.481 e. The van der Waals surface area contributed by atoms with E-state index in [1.54, 1.807) is 0 Å². The number of carbonyl (C=O) groups is 1. The van der Waals surface area contributed by atoms with Crippen molar-refractivity contribution in [2.24, 2.45) is 0 Å². The number of benzene rings is 2. The Morgan fingerprint density at radius 3 is 2.50 bits per heavy atom. The number of non-ortho nitro benzene ring substituents is 1. The highest BCUT2D eigenvalue weighted by atomic mass is 19.4. The Morgan fingerprint density at radius 1 is 1.13 bits per heavy atom. The molecule has 11 heteroatoms. The standard InChI is InChI=1S/C19H13F3N2O6/c20-19(21,22)15-3-1-2-4-16(15)28-11-17(25)29-10-14-9-23-18(30-14)12-5-7-13(8-6-12)24(26)27/h1-9H,10-11H2. The summed E-state index contributed by atoms with van der Waals surface area (Å²) in [5, 5.41) is 10.7. The number of oxazole rings is 1. The molecule has 156 valence electrons. The molecule has 0 unspecified atom stereocenters. The third-order valence-electron chi connectivity index (χ3n) is 3.79. The Morgan fingerprint density at radius 2 is 1.83 bits per heavy atom. The zero-order valence-corrected chi connectivity index (χ0v) is 15.1. The number of alkyl halides is 3. The summed E-state index contributed by atoms with van der Waals surface area (Å²) in [5.74, 6) is -1.05. The van der Waals surface area contributed by atoms with Crippen molar-refractivity contribution < 1.29 is 36.8 Å². The second-order valence-electron chi connectivity index (χ2n) is 5.88. The van der Waals surface area contributed by atoms with Gasteiger partial charge in [-0.2, -0.15) is 13.2 Å². The number of nitro benzene ring substituents is 1. The fraction of sp³-hybridized carbons (Fsp3) is 0.158. The van der Waals surface area contributed by atoms with Crippen LogP contribution in [0.4, 0.5) is 18.9 Å². The van der Waals surface area contributed by atoms with Gasteiger partial charge in [-0.3, -0.25) is 10.1 Å². The van der Waals surface area contributed by atoms with Crippen molar-refractivity contribution >= 4 is 11.7 Å². The molecule has 0 atom stereocenters. The molecule has 3 rings (SSSR count). The third-order valence-corrected chi connectivity index (χ3v) is 3.79. The van der Waals surface area contributed by atoms with Crippen molar-refractivity contribution in [2.45, 2.75) is 12.8 Å². The van der Waals surface area contributed by atoms with Gasteiger partial charge in [0.1, 0.15) is 5.75 Å². The van der Waals surface area contributed by atoms with E-state index in [1.165, 1.54) is 42.6 Å². The van der Waals surface area contributed by atoms with Gasteiger partial charge >= 0.3 is 12.1 Å². The fourth-order valence-electron chi connectivity index (χ4n) is 2.39. The number of carbonyl (C=O) groups excluding carboxylic acids is 1. The van der Waals surface area contributed by atoms with Crippen LogP contribution in [0.25, 0.3) is 11.5 Å². The topological polar surface area (TPSA) is 105 Å². The Balaban J connectivity index is 1.54. The van der Waals surface area contributed by atoms with Gasteiger partial charge in [0.05, 0.1) is 16.7 Å². The molecule has 8 nitrogen and oxygen atoms in total. The number of para-hydroxylation sites is 1. The summed E-state index contributed by atoms with van der Waals surface area (Å²) in [6.45, 7) is -1.04. The van der Waals surface area contributed by atoms with Gasteiger partial charge < -0.3 is 13.9 Å². The molecule has 3 aromatic rings. The summed E-state index contributed by atoms with van der Waals surface area (Å²) in [5.41, 5.74) is -0.613. The van der Waals surface area contributed by atoms with Gasteiger partial charge in [-0.1, -0.05) is 12.1 Å². The summed E-state index contributed by atoms with van der Waals surface area (Å²) >= 11 is 0. The first-order chi connectivity index (χ1) is 14.2. The molecule has 0 amide bonds. The number of halogens is 3. The molecule has 0 aliphatic heterocycles. The summed E-state index contributed by atoms with van der Waals surface area (Å²) in [6, 6.07) is 9.98. The van der Waals surface area contributed by atoms with Crippen LogP contribution in [0.15, 0.2) is 59.1 Å². The zero-order chi connectivity index (χ0) is 21.7. The molecular formula is C19H13F3N2O6. The third kappa shape index (κ3) is 5.13. The van der Waals surface area contributed by atoms with Gasteiger partial charge in [0, 0.05) is 17.7 Å². The fourth-order valence-corrected chi connectivity index (χ4v) is 2.39. The maximum Gasteiger partial charge on any atom is 0.419 e. The molecule has 0 N–H and O–H groups in total. The lowest BCUT2D eigenvalue weighted by Gasteiger charge is -2.13. The van der Waals surface area contributed by atoms with Gasteiger partial charge in [0.15, 0.2) is 19.0 Å². The first-order valence-electron chi connectivity index (χ1n) is 8.38. The van der Waals surface area contributed by atoms with Crippen LogP contribution < -0.4 is 4.74 Å². The minimum Gasteiger partial charge on any atom is -0.481 e. The number of nitrogens with zero attached hydrogens (tertiary/aromatic N) is 2. The van der Waals surface area contributed by atoms with Gasteiger partial charge in [0.2, 0.25) is 5.89 Å². The highest BCUT2D eigenvalue weighted by molar-refractivity contribution is 5.71. The number of hydrogen-bond acceptors (Lipinski definition) is 7. The van der Waals surface area contributed by atoms with Crippen LogP contribution in [0.1, 0.15) is 11.3 Å². The van der Waals surface area contributed by atoms with Crippen molar-refractivity contribution in [1.82, 2.24) is 4.98 Å². The average Bonchev–Trinajstić information content (AvgIpc) is 3.19. The molecule has 0 aliphatic carbocycles. The van der Waals surface area contributed by atoms with E-state index in [0.29, 0.717) is 5.56 Å². The van der Waals surface area contributed by atoms with Crippen molar-refractivity contribution in [1.29, 1.82) is 0 Å². The molecule has 2 aromatic carbocycles. The lowest BCUT2D eigenvalue weighted by molar-refractivity contribution is -0.384. The zero-order valence-electron chi connectivity index (χ0n) is 15.1. The number of rotatable bonds is 7. The highest BCUT2D eigenvalue weighted by Crippen LogP contribution is 2.35. The molecular weight excluding hydrogens is 409 g/mol. The number of hydrogen-bond donors (Lipinski definition) is 0. The maximum atomic E-state index is 12.9. The highest BCUT2D eigenvalue weighted by Gasteiger charge is 2.34. The molecule has 0 aliphatic rings. The number of aromatic nitrogens is 1. The summed E-state index contributed by atoms with van der Waals surface area (Å²) < 4.78 is 53.9. The number of ether oxygens (including phenoxy) is 2. The lowest BCUT2D eigenvalue weighted by atomic mass is 10.2. The smallest absolute Gasteiger partial charge is 0.419 e. The second-order valence-corrected chi connectivity index (χ2v) is 5.88. The first-order valence-corrected chi connectivity index (χ1v) is 8.38. The van der Waals surface area contributed by atoms with Crippen molar-refractivity contribution in [3.8, 4) is 17.2 Å². The Kier molecular flexibility index (Phi) is 6.00. The predicted molar refractivity (Wildman–Crippen MR) is 95.3 cm³/mol. The first kappa shape index (κ1) is 20.8. The van der Waals surface area contributed by atoms with Crippen molar-refractivity contribution in [3.63, 3.8) is 0 Å². The molecule has 0 radical (unpaired) electrons. The summed E-state index contributed by atoms with van der Waals surface area (Å²) in [4.78, 5) is 25.9. The van der Waals surface area contributed by atoms with Crippen LogP contribution >= 0.6 is 0 Å². The van der Waals surface area contributed by atoms with Crippen LogP contribution in [0.5, 0.6) is 5.75 Å². The average molecular weight is 422 g/mol. The molecule has 0 saturated carbocycles. The van der Waals surface area contributed by atoms with Crippen molar-refractivity contribution in [2.75, 3.05) is 6.61 Å². The van der Waals surface area contributed by atoms with E-state index in [0.717, 1.165) is 12.1 Å². The van der Waals surface area contributed by atoms with Crippen LogP contribution in [0.2, 0.25) is 0 Å². The number of nitro groups is 1. The summed E-state index contributed by atoms with van der Waals surface area (Å²) in [7, 11) is 0. The molecule has 30 heavy (non-hydrogen) atoms. The SMILES string of the molecule is O=C(COc1ccccc1C(F)(F)F)OCc1cnc(-c2ccc([N+](=O)[O-])cc2)o1. The van der Waals surface area contributed by atoms with Crippen LogP contribution in [0, 0.1) is 10.1 Å².